The van der Waals surface area contributed by atoms with Crippen molar-refractivity contribution in [1.82, 2.24) is 24.6 Å². The maximum Gasteiger partial charge on any atom is 0.159 e. The first-order chi connectivity index (χ1) is 16.3. The van der Waals surface area contributed by atoms with Gasteiger partial charge in [-0.15, -0.1) is 0 Å². The van der Waals surface area contributed by atoms with Crippen LogP contribution in [-0.2, 0) is 0 Å². The van der Waals surface area contributed by atoms with Gasteiger partial charge in [0.1, 0.15) is 5.69 Å². The lowest BCUT2D eigenvalue weighted by atomic mass is 9.73. The summed E-state index contributed by atoms with van der Waals surface area (Å²) in [5.74, 6) is 3.06. The third-order valence-corrected chi connectivity index (χ3v) is 9.48. The summed E-state index contributed by atoms with van der Waals surface area (Å²) < 4.78 is 2.56. The second kappa shape index (κ2) is 8.26. The van der Waals surface area contributed by atoms with Crippen LogP contribution in [0.1, 0.15) is 83.1 Å². The van der Waals surface area contributed by atoms with Gasteiger partial charge in [-0.1, -0.05) is 44.2 Å². The fraction of sp³-hybridized carbons (Fsp3) is 0.643. The number of nitrogens with one attached hydrogen (secondary N) is 1. The third-order valence-electron chi connectivity index (χ3n) is 9.48. The van der Waals surface area contributed by atoms with Crippen molar-refractivity contribution in [3.8, 4) is 11.5 Å². The Hall–Kier alpha value is -2.14. The lowest BCUT2D eigenvalue weighted by Gasteiger charge is -2.54. The highest BCUT2D eigenvalue weighted by Crippen LogP contribution is 2.47. The Bertz CT molecular complexity index is 1070. The van der Waals surface area contributed by atoms with E-state index in [1.54, 1.807) is 0 Å². The first kappa shape index (κ1) is 20.3. The second-order valence-electron chi connectivity index (χ2n) is 11.5. The molecule has 6 atom stereocenters. The van der Waals surface area contributed by atoms with Gasteiger partial charge in [-0.3, -0.25) is 10.00 Å². The number of hydrogen-bond acceptors (Lipinski definition) is 3. The van der Waals surface area contributed by atoms with Crippen LogP contribution in [0, 0.1) is 11.8 Å². The molecule has 4 fully saturated rings. The SMILES string of the molecule is c1ccc2c(c1)nc(-c1ccn[nH]1)n2C1C[C@H]2CCC[C@@H](C1)N2C1C[C@H]2CCCC[C@@H](C1)C2. The highest BCUT2D eigenvalue weighted by atomic mass is 15.3. The predicted molar refractivity (Wildman–Crippen MR) is 132 cm³/mol. The van der Waals surface area contributed by atoms with E-state index in [4.69, 9.17) is 4.98 Å². The maximum absolute atomic E-state index is 5.06. The van der Waals surface area contributed by atoms with Gasteiger partial charge in [0, 0.05) is 30.4 Å². The zero-order chi connectivity index (χ0) is 21.8. The van der Waals surface area contributed by atoms with Crippen molar-refractivity contribution < 1.29 is 0 Å². The molecule has 1 N–H and O–H groups in total. The first-order valence-electron chi connectivity index (χ1n) is 13.6. The van der Waals surface area contributed by atoms with Crippen molar-refractivity contribution in [2.75, 3.05) is 0 Å². The standard InChI is InChI=1S/C28H37N5/c1-2-7-20-14-19(6-1)15-23(16-20)32-21-8-5-9-22(32)18-24(17-21)33-27-11-4-3-10-25(27)30-28(33)26-12-13-29-31-26/h3-4,10-13,19-24H,1-2,5-9,14-18H2,(H,29,31)/t19-,20+,21-,22+,23?,24?. The van der Waals surface area contributed by atoms with Crippen LogP contribution in [0.4, 0.5) is 0 Å². The Balaban J connectivity index is 1.22. The van der Waals surface area contributed by atoms with E-state index in [0.29, 0.717) is 6.04 Å². The molecule has 2 saturated carbocycles. The van der Waals surface area contributed by atoms with Crippen LogP contribution in [0.2, 0.25) is 0 Å². The lowest BCUT2D eigenvalue weighted by Crippen LogP contribution is -2.58. The normalized spacial score (nSPS) is 34.9. The van der Waals surface area contributed by atoms with Crippen LogP contribution in [0.15, 0.2) is 36.5 Å². The third kappa shape index (κ3) is 3.54. The van der Waals surface area contributed by atoms with Crippen LogP contribution >= 0.6 is 0 Å². The van der Waals surface area contributed by atoms with Crippen molar-refractivity contribution in [2.24, 2.45) is 11.8 Å². The number of piperidine rings is 2. The molecule has 33 heavy (non-hydrogen) atoms. The average molecular weight is 444 g/mol. The van der Waals surface area contributed by atoms with E-state index in [0.717, 1.165) is 47.0 Å². The molecule has 4 aliphatic rings. The summed E-state index contributed by atoms with van der Waals surface area (Å²) in [6.45, 7) is 0. The summed E-state index contributed by atoms with van der Waals surface area (Å²) in [6, 6.07) is 13.6. The van der Waals surface area contributed by atoms with Gasteiger partial charge in [0.25, 0.3) is 0 Å². The monoisotopic (exact) mass is 443 g/mol. The van der Waals surface area contributed by atoms with Crippen LogP contribution in [0.25, 0.3) is 22.6 Å². The van der Waals surface area contributed by atoms with Gasteiger partial charge in [0.05, 0.1) is 11.0 Å². The maximum atomic E-state index is 5.06. The molecule has 4 heterocycles. The zero-order valence-corrected chi connectivity index (χ0v) is 19.7. The zero-order valence-electron chi connectivity index (χ0n) is 19.7. The Morgan fingerprint density at radius 2 is 1.48 bits per heavy atom. The largest absolute Gasteiger partial charge is 0.319 e. The molecule has 2 aliphatic heterocycles. The molecule has 7 rings (SSSR count). The minimum absolute atomic E-state index is 0.521. The number of para-hydroxylation sites is 2. The van der Waals surface area contributed by atoms with Gasteiger partial charge in [-0.05, 0) is 75.0 Å². The summed E-state index contributed by atoms with van der Waals surface area (Å²) in [5, 5.41) is 7.42. The van der Waals surface area contributed by atoms with Crippen LogP contribution in [-0.4, -0.2) is 42.8 Å². The number of nitrogens with zero attached hydrogens (tertiary/aromatic N) is 4. The first-order valence-corrected chi connectivity index (χ1v) is 13.6. The molecule has 0 amide bonds. The summed E-state index contributed by atoms with van der Waals surface area (Å²) in [7, 11) is 0. The topological polar surface area (TPSA) is 49.7 Å². The fourth-order valence-corrected chi connectivity index (χ4v) is 8.29. The van der Waals surface area contributed by atoms with E-state index < -0.39 is 0 Å². The van der Waals surface area contributed by atoms with Crippen LogP contribution in [0.5, 0.6) is 0 Å². The minimum Gasteiger partial charge on any atom is -0.319 e. The number of H-pyrrole nitrogens is 1. The summed E-state index contributed by atoms with van der Waals surface area (Å²) in [6.07, 6.45) is 19.0. The van der Waals surface area contributed by atoms with Crippen molar-refractivity contribution in [1.29, 1.82) is 0 Å². The Kier molecular flexibility index (Phi) is 5.07. The molecule has 174 valence electrons. The molecule has 5 nitrogen and oxygen atoms in total. The van der Waals surface area contributed by atoms with E-state index in [-0.39, 0.29) is 0 Å². The predicted octanol–water partition coefficient (Wildman–Crippen LogP) is 6.34. The van der Waals surface area contributed by atoms with Gasteiger partial charge < -0.3 is 4.57 Å². The van der Waals surface area contributed by atoms with Crippen molar-refractivity contribution in [3.63, 3.8) is 0 Å². The molecule has 0 spiro atoms. The fourth-order valence-electron chi connectivity index (χ4n) is 8.29. The number of benzene rings is 1. The Labute approximate surface area is 197 Å². The number of rotatable bonds is 3. The number of aromatic nitrogens is 4. The van der Waals surface area contributed by atoms with Crippen LogP contribution in [0.3, 0.4) is 0 Å². The van der Waals surface area contributed by atoms with Crippen LogP contribution < -0.4 is 0 Å². The molecular weight excluding hydrogens is 406 g/mol. The van der Waals surface area contributed by atoms with Crippen molar-refractivity contribution in [3.05, 3.63) is 36.5 Å². The van der Waals surface area contributed by atoms with Crippen molar-refractivity contribution in [2.45, 2.75) is 101 Å². The molecule has 4 bridgehead atoms. The summed E-state index contributed by atoms with van der Waals surface area (Å²) >= 11 is 0. The van der Waals surface area contributed by atoms with E-state index in [1.807, 2.05) is 6.20 Å². The number of hydrogen-bond donors (Lipinski definition) is 1. The van der Waals surface area contributed by atoms with Crippen molar-refractivity contribution >= 4 is 11.0 Å². The molecule has 2 unspecified atom stereocenters. The highest BCUT2D eigenvalue weighted by Gasteiger charge is 2.45. The van der Waals surface area contributed by atoms with E-state index >= 15 is 0 Å². The molecule has 1 aromatic carbocycles. The van der Waals surface area contributed by atoms with E-state index in [1.165, 1.54) is 82.6 Å². The summed E-state index contributed by atoms with van der Waals surface area (Å²) in [5.41, 5.74) is 3.42. The smallest absolute Gasteiger partial charge is 0.159 e. The number of imidazole rings is 1. The molecule has 2 aromatic heterocycles. The molecule has 0 radical (unpaired) electrons. The number of aromatic amines is 1. The average Bonchev–Trinajstić information content (AvgIpc) is 3.45. The second-order valence-corrected chi connectivity index (χ2v) is 11.5. The quantitative estimate of drug-likeness (QED) is 0.514. The number of fused-ring (bicyclic) bond motifs is 5. The van der Waals surface area contributed by atoms with Gasteiger partial charge in [-0.25, -0.2) is 4.98 Å². The molecule has 2 aliphatic carbocycles. The van der Waals surface area contributed by atoms with Gasteiger partial charge in [-0.2, -0.15) is 5.10 Å². The minimum atomic E-state index is 0.521. The summed E-state index contributed by atoms with van der Waals surface area (Å²) in [4.78, 5) is 8.13. The Morgan fingerprint density at radius 3 is 2.21 bits per heavy atom. The van der Waals surface area contributed by atoms with E-state index in [9.17, 15) is 0 Å². The molecule has 3 aromatic rings. The molecule has 5 heteroatoms. The molecular formula is C28H37N5. The lowest BCUT2D eigenvalue weighted by molar-refractivity contribution is -0.0415. The Morgan fingerprint density at radius 1 is 0.727 bits per heavy atom. The van der Waals surface area contributed by atoms with Gasteiger partial charge in [0.15, 0.2) is 5.82 Å². The van der Waals surface area contributed by atoms with Gasteiger partial charge in [0.2, 0.25) is 0 Å². The van der Waals surface area contributed by atoms with Gasteiger partial charge >= 0.3 is 0 Å². The molecule has 2 saturated heterocycles. The van der Waals surface area contributed by atoms with E-state index in [2.05, 4.69) is 50.0 Å². The highest BCUT2D eigenvalue weighted by molar-refractivity contribution is 5.80.